The van der Waals surface area contributed by atoms with Gasteiger partial charge in [0.1, 0.15) is 12.1 Å². The lowest BCUT2D eigenvalue weighted by Crippen LogP contribution is -2.42. The number of aromatic nitrogens is 1. The summed E-state index contributed by atoms with van der Waals surface area (Å²) in [5, 5.41) is 6.40. The van der Waals surface area contributed by atoms with Crippen LogP contribution in [0.25, 0.3) is 10.9 Å². The van der Waals surface area contributed by atoms with Gasteiger partial charge in [-0.3, -0.25) is 19.5 Å². The van der Waals surface area contributed by atoms with Gasteiger partial charge in [0.15, 0.2) is 0 Å². The van der Waals surface area contributed by atoms with Gasteiger partial charge in [0.2, 0.25) is 5.91 Å². The van der Waals surface area contributed by atoms with E-state index in [0.29, 0.717) is 16.8 Å². The first-order valence-electron chi connectivity index (χ1n) is 10.5. The average Bonchev–Trinajstić information content (AvgIpc) is 2.97. The number of fused-ring (bicyclic) bond motifs is 1. The summed E-state index contributed by atoms with van der Waals surface area (Å²) in [6, 6.07) is 16.2. The highest BCUT2D eigenvalue weighted by Gasteiger charge is 2.49. The molecule has 0 saturated carbocycles. The Morgan fingerprint density at radius 2 is 1.75 bits per heavy atom. The van der Waals surface area contributed by atoms with Crippen LogP contribution in [-0.4, -0.2) is 34.3 Å². The Balaban J connectivity index is 1.52. The molecule has 0 radical (unpaired) electrons. The maximum atomic E-state index is 13.2. The molecular weight excluding hydrogens is 404 g/mol. The van der Waals surface area contributed by atoms with Gasteiger partial charge in [0.25, 0.3) is 5.91 Å². The Morgan fingerprint density at radius 3 is 2.44 bits per heavy atom. The van der Waals surface area contributed by atoms with Gasteiger partial charge in [0.05, 0.1) is 11.2 Å². The fourth-order valence-corrected chi connectivity index (χ4v) is 3.88. The number of anilines is 1. The van der Waals surface area contributed by atoms with Crippen LogP contribution in [0.4, 0.5) is 10.5 Å². The molecule has 1 aliphatic heterocycles. The lowest BCUT2D eigenvalue weighted by Gasteiger charge is -2.24. The summed E-state index contributed by atoms with van der Waals surface area (Å²) in [7, 11) is 0. The molecule has 1 atom stereocenters. The largest absolute Gasteiger partial charge is 0.325 e. The highest BCUT2D eigenvalue weighted by Crippen LogP contribution is 2.31. The van der Waals surface area contributed by atoms with Crippen molar-refractivity contribution in [1.29, 1.82) is 0 Å². The van der Waals surface area contributed by atoms with E-state index < -0.39 is 23.4 Å². The molecule has 0 spiro atoms. The zero-order valence-corrected chi connectivity index (χ0v) is 18.6. The molecule has 1 saturated heterocycles. The van der Waals surface area contributed by atoms with Crippen LogP contribution in [0.15, 0.2) is 60.8 Å². The molecule has 4 rings (SSSR count). The molecule has 32 heavy (non-hydrogen) atoms. The second kappa shape index (κ2) is 7.75. The number of rotatable bonds is 4. The minimum absolute atomic E-state index is 0.0248. The lowest BCUT2D eigenvalue weighted by molar-refractivity contribution is -0.133. The Bertz CT molecular complexity index is 1210. The van der Waals surface area contributed by atoms with Gasteiger partial charge in [-0.05, 0) is 35.6 Å². The number of carbonyl (C=O) groups excluding carboxylic acids is 3. The summed E-state index contributed by atoms with van der Waals surface area (Å²) >= 11 is 0. The molecular formula is C25H26N4O3. The average molecular weight is 431 g/mol. The Kier molecular flexibility index (Phi) is 5.20. The van der Waals surface area contributed by atoms with Crippen molar-refractivity contribution >= 4 is 34.4 Å². The summed E-state index contributed by atoms with van der Waals surface area (Å²) in [6.07, 6.45) is 1.64. The van der Waals surface area contributed by atoms with Crippen molar-refractivity contribution in [3.63, 3.8) is 0 Å². The molecule has 164 valence electrons. The molecule has 7 heteroatoms. The number of urea groups is 1. The predicted octanol–water partition coefficient (Wildman–Crippen LogP) is 3.94. The summed E-state index contributed by atoms with van der Waals surface area (Å²) in [5.74, 6) is -0.934. The predicted molar refractivity (Wildman–Crippen MR) is 123 cm³/mol. The quantitative estimate of drug-likeness (QED) is 0.614. The summed E-state index contributed by atoms with van der Waals surface area (Å²) in [6.45, 7) is 7.60. The maximum absolute atomic E-state index is 13.2. The molecule has 2 heterocycles. The molecule has 1 aromatic heterocycles. The standard InChI is InChI=1S/C25H26N4O3/c1-24(2,3)17-10-12-18(13-11-17)25(4)22(31)29(23(32)28-25)15-20(30)27-19-9-5-7-16-8-6-14-26-21(16)19/h5-14H,15H2,1-4H3,(H,27,30)(H,28,32). The lowest BCUT2D eigenvalue weighted by atomic mass is 9.84. The molecule has 1 fully saturated rings. The van der Waals surface area contributed by atoms with Crippen molar-refractivity contribution in [2.24, 2.45) is 0 Å². The van der Waals surface area contributed by atoms with Crippen molar-refractivity contribution < 1.29 is 14.4 Å². The van der Waals surface area contributed by atoms with E-state index in [2.05, 4.69) is 36.4 Å². The van der Waals surface area contributed by atoms with Gasteiger partial charge in [-0.2, -0.15) is 0 Å². The minimum Gasteiger partial charge on any atom is -0.323 e. The van der Waals surface area contributed by atoms with E-state index in [0.717, 1.165) is 15.8 Å². The monoisotopic (exact) mass is 430 g/mol. The zero-order chi connectivity index (χ0) is 23.1. The topological polar surface area (TPSA) is 91.4 Å². The molecule has 1 unspecified atom stereocenters. The SMILES string of the molecule is CC(C)(C)c1ccc(C2(C)NC(=O)N(CC(=O)Nc3cccc4cccnc34)C2=O)cc1. The van der Waals surface area contributed by atoms with E-state index >= 15 is 0 Å². The normalized spacial score (nSPS) is 18.7. The molecule has 2 aromatic carbocycles. The number of hydrogen-bond acceptors (Lipinski definition) is 4. The molecule has 2 N–H and O–H groups in total. The van der Waals surface area contributed by atoms with E-state index in [4.69, 9.17) is 0 Å². The highest BCUT2D eigenvalue weighted by atomic mass is 16.2. The van der Waals surface area contributed by atoms with Gasteiger partial charge in [-0.15, -0.1) is 0 Å². The second-order valence-electron chi connectivity index (χ2n) is 9.20. The van der Waals surface area contributed by atoms with E-state index in [9.17, 15) is 14.4 Å². The third-order valence-electron chi connectivity index (χ3n) is 5.81. The minimum atomic E-state index is -1.23. The van der Waals surface area contributed by atoms with Gasteiger partial charge in [-0.25, -0.2) is 4.79 Å². The molecule has 3 aromatic rings. The molecule has 0 bridgehead atoms. The highest BCUT2D eigenvalue weighted by molar-refractivity contribution is 6.11. The molecule has 7 nitrogen and oxygen atoms in total. The summed E-state index contributed by atoms with van der Waals surface area (Å²) in [4.78, 5) is 43.7. The van der Waals surface area contributed by atoms with Crippen molar-refractivity contribution in [1.82, 2.24) is 15.2 Å². The number of nitrogens with zero attached hydrogens (tertiary/aromatic N) is 2. The van der Waals surface area contributed by atoms with Gasteiger partial charge in [-0.1, -0.05) is 63.2 Å². The number of amides is 4. The van der Waals surface area contributed by atoms with Crippen LogP contribution in [0.2, 0.25) is 0 Å². The Morgan fingerprint density at radius 1 is 1.06 bits per heavy atom. The van der Waals surface area contributed by atoms with Gasteiger partial charge in [0, 0.05) is 11.6 Å². The van der Waals surface area contributed by atoms with Crippen molar-refractivity contribution in [3.8, 4) is 0 Å². The number of para-hydroxylation sites is 1. The van der Waals surface area contributed by atoms with E-state index in [1.165, 1.54) is 0 Å². The fraction of sp³-hybridized carbons (Fsp3) is 0.280. The number of pyridine rings is 1. The first kappa shape index (κ1) is 21.5. The fourth-order valence-electron chi connectivity index (χ4n) is 3.88. The van der Waals surface area contributed by atoms with Crippen molar-refractivity contribution in [3.05, 3.63) is 71.9 Å². The number of carbonyl (C=O) groups is 3. The van der Waals surface area contributed by atoms with Crippen molar-refractivity contribution in [2.75, 3.05) is 11.9 Å². The first-order chi connectivity index (χ1) is 15.1. The van der Waals surface area contributed by atoms with E-state index in [1.54, 1.807) is 19.2 Å². The first-order valence-corrected chi connectivity index (χ1v) is 10.5. The van der Waals surface area contributed by atoms with Crippen LogP contribution in [-0.2, 0) is 20.5 Å². The van der Waals surface area contributed by atoms with Gasteiger partial charge >= 0.3 is 6.03 Å². The summed E-state index contributed by atoms with van der Waals surface area (Å²) in [5.41, 5.74) is 1.72. The van der Waals surface area contributed by atoms with Gasteiger partial charge < -0.3 is 10.6 Å². The Labute approximate surface area is 186 Å². The van der Waals surface area contributed by atoms with Crippen LogP contribution in [0.5, 0.6) is 0 Å². The third-order valence-corrected chi connectivity index (χ3v) is 5.81. The molecule has 1 aliphatic rings. The number of benzene rings is 2. The van der Waals surface area contributed by atoms with Crippen LogP contribution < -0.4 is 10.6 Å². The van der Waals surface area contributed by atoms with E-state index in [-0.39, 0.29) is 12.0 Å². The smallest absolute Gasteiger partial charge is 0.323 e. The second-order valence-corrected chi connectivity index (χ2v) is 9.20. The van der Waals surface area contributed by atoms with Crippen LogP contribution >= 0.6 is 0 Å². The maximum Gasteiger partial charge on any atom is 0.325 e. The zero-order valence-electron chi connectivity index (χ0n) is 18.6. The Hall–Kier alpha value is -3.74. The van der Waals surface area contributed by atoms with Crippen molar-refractivity contribution in [2.45, 2.75) is 38.6 Å². The van der Waals surface area contributed by atoms with Crippen LogP contribution in [0.1, 0.15) is 38.8 Å². The number of imide groups is 1. The number of hydrogen-bond donors (Lipinski definition) is 2. The summed E-state index contributed by atoms with van der Waals surface area (Å²) < 4.78 is 0. The van der Waals surface area contributed by atoms with E-state index in [1.807, 2.05) is 48.5 Å². The van der Waals surface area contributed by atoms with Crippen LogP contribution in [0, 0.1) is 0 Å². The van der Waals surface area contributed by atoms with Crippen LogP contribution in [0.3, 0.4) is 0 Å². The molecule has 4 amide bonds. The third kappa shape index (κ3) is 3.82. The molecule has 0 aliphatic carbocycles. The number of nitrogens with one attached hydrogen (secondary N) is 2.